The van der Waals surface area contributed by atoms with Crippen molar-refractivity contribution in [3.05, 3.63) is 22.8 Å². The monoisotopic (exact) mass is 254 g/mol. The molecule has 0 unspecified atom stereocenters. The van der Waals surface area contributed by atoms with E-state index in [1.807, 2.05) is 0 Å². The molecule has 5 nitrogen and oxygen atoms in total. The standard InChI is InChI=1S/C11H15ClN4O/c1-13-9-3-2-8(12)10(15-9)11(17)16-6-4-14-5-7-16/h2-3,14H,4-7H2,1H3,(H,13,15). The molecule has 0 saturated carbocycles. The Morgan fingerprint density at radius 2 is 2.18 bits per heavy atom. The van der Waals surface area contributed by atoms with Gasteiger partial charge in [0.2, 0.25) is 0 Å². The van der Waals surface area contributed by atoms with Gasteiger partial charge in [-0.05, 0) is 12.1 Å². The third kappa shape index (κ3) is 2.68. The van der Waals surface area contributed by atoms with Gasteiger partial charge in [0.05, 0.1) is 5.02 Å². The second-order valence-electron chi connectivity index (χ2n) is 3.82. The molecular weight excluding hydrogens is 240 g/mol. The SMILES string of the molecule is CNc1ccc(Cl)c(C(=O)N2CCNCC2)n1. The van der Waals surface area contributed by atoms with E-state index < -0.39 is 0 Å². The average Bonchev–Trinajstić information content (AvgIpc) is 2.39. The normalized spacial score (nSPS) is 15.8. The summed E-state index contributed by atoms with van der Waals surface area (Å²) in [5.74, 6) is 0.543. The number of hydrogen-bond acceptors (Lipinski definition) is 4. The Balaban J connectivity index is 2.22. The molecule has 0 spiro atoms. The minimum atomic E-state index is -0.103. The number of aromatic nitrogens is 1. The number of rotatable bonds is 2. The predicted octanol–water partition coefficient (Wildman–Crippen LogP) is 0.822. The Labute approximate surface area is 105 Å². The molecule has 0 radical (unpaired) electrons. The molecule has 0 bridgehead atoms. The molecule has 0 aliphatic carbocycles. The molecule has 2 N–H and O–H groups in total. The summed E-state index contributed by atoms with van der Waals surface area (Å²) < 4.78 is 0. The summed E-state index contributed by atoms with van der Waals surface area (Å²) in [7, 11) is 1.76. The number of amides is 1. The molecule has 1 aliphatic rings. The van der Waals surface area contributed by atoms with Crippen molar-refractivity contribution in [3.8, 4) is 0 Å². The zero-order valence-electron chi connectivity index (χ0n) is 9.66. The highest BCUT2D eigenvalue weighted by atomic mass is 35.5. The van der Waals surface area contributed by atoms with Crippen LogP contribution in [0.15, 0.2) is 12.1 Å². The Hall–Kier alpha value is -1.33. The van der Waals surface area contributed by atoms with E-state index >= 15 is 0 Å². The van der Waals surface area contributed by atoms with Crippen LogP contribution in [-0.2, 0) is 0 Å². The molecule has 92 valence electrons. The van der Waals surface area contributed by atoms with Gasteiger partial charge >= 0.3 is 0 Å². The maximum absolute atomic E-state index is 12.2. The first kappa shape index (κ1) is 12.1. The van der Waals surface area contributed by atoms with E-state index in [2.05, 4.69) is 15.6 Å². The van der Waals surface area contributed by atoms with E-state index in [0.717, 1.165) is 13.1 Å². The highest BCUT2D eigenvalue weighted by Crippen LogP contribution is 2.18. The number of halogens is 1. The number of nitrogens with zero attached hydrogens (tertiary/aromatic N) is 2. The molecule has 1 aromatic rings. The topological polar surface area (TPSA) is 57.3 Å². The maximum Gasteiger partial charge on any atom is 0.274 e. The molecule has 1 aliphatic heterocycles. The highest BCUT2D eigenvalue weighted by Gasteiger charge is 2.21. The van der Waals surface area contributed by atoms with Crippen LogP contribution in [0.2, 0.25) is 5.02 Å². The fourth-order valence-electron chi connectivity index (χ4n) is 1.75. The summed E-state index contributed by atoms with van der Waals surface area (Å²) in [4.78, 5) is 18.2. The van der Waals surface area contributed by atoms with Crippen molar-refractivity contribution in [2.24, 2.45) is 0 Å². The average molecular weight is 255 g/mol. The van der Waals surface area contributed by atoms with Crippen molar-refractivity contribution < 1.29 is 4.79 Å². The van der Waals surface area contributed by atoms with E-state index in [4.69, 9.17) is 11.6 Å². The van der Waals surface area contributed by atoms with Crippen LogP contribution in [0.4, 0.5) is 5.82 Å². The maximum atomic E-state index is 12.2. The van der Waals surface area contributed by atoms with Crippen LogP contribution in [0, 0.1) is 0 Å². The van der Waals surface area contributed by atoms with Gasteiger partial charge < -0.3 is 15.5 Å². The molecular formula is C11H15ClN4O. The molecule has 17 heavy (non-hydrogen) atoms. The minimum Gasteiger partial charge on any atom is -0.373 e. The first-order chi connectivity index (χ1) is 8.22. The third-order valence-electron chi connectivity index (χ3n) is 2.71. The van der Waals surface area contributed by atoms with E-state index in [9.17, 15) is 4.79 Å². The van der Waals surface area contributed by atoms with Gasteiger partial charge in [0.15, 0.2) is 0 Å². The summed E-state index contributed by atoms with van der Waals surface area (Å²) in [6.07, 6.45) is 0. The highest BCUT2D eigenvalue weighted by molar-refractivity contribution is 6.33. The summed E-state index contributed by atoms with van der Waals surface area (Å²) in [6, 6.07) is 3.44. The molecule has 1 fully saturated rings. The lowest BCUT2D eigenvalue weighted by atomic mass is 10.2. The molecule has 2 rings (SSSR count). The number of carbonyl (C=O) groups is 1. The lowest BCUT2D eigenvalue weighted by molar-refractivity contribution is 0.0730. The van der Waals surface area contributed by atoms with Gasteiger partial charge in [-0.1, -0.05) is 11.6 Å². The summed E-state index contributed by atoms with van der Waals surface area (Å²) in [5, 5.41) is 6.49. The van der Waals surface area contributed by atoms with Crippen molar-refractivity contribution >= 4 is 23.3 Å². The van der Waals surface area contributed by atoms with E-state index in [1.165, 1.54) is 0 Å². The zero-order chi connectivity index (χ0) is 12.3. The molecule has 1 aromatic heterocycles. The van der Waals surface area contributed by atoms with Gasteiger partial charge in [-0.2, -0.15) is 0 Å². The van der Waals surface area contributed by atoms with Crippen LogP contribution in [0.5, 0.6) is 0 Å². The van der Waals surface area contributed by atoms with Gasteiger partial charge in [0, 0.05) is 33.2 Å². The molecule has 6 heteroatoms. The van der Waals surface area contributed by atoms with Gasteiger partial charge in [-0.3, -0.25) is 4.79 Å². The minimum absolute atomic E-state index is 0.103. The van der Waals surface area contributed by atoms with Crippen LogP contribution >= 0.6 is 11.6 Å². The third-order valence-corrected chi connectivity index (χ3v) is 3.01. The largest absolute Gasteiger partial charge is 0.373 e. The molecule has 0 atom stereocenters. The van der Waals surface area contributed by atoms with Crippen molar-refractivity contribution in [3.63, 3.8) is 0 Å². The van der Waals surface area contributed by atoms with Gasteiger partial charge in [0.25, 0.3) is 5.91 Å². The molecule has 1 saturated heterocycles. The number of nitrogens with one attached hydrogen (secondary N) is 2. The van der Waals surface area contributed by atoms with Gasteiger partial charge in [-0.15, -0.1) is 0 Å². The Morgan fingerprint density at radius 1 is 1.47 bits per heavy atom. The van der Waals surface area contributed by atoms with Crippen molar-refractivity contribution in [2.45, 2.75) is 0 Å². The fraction of sp³-hybridized carbons (Fsp3) is 0.455. The second kappa shape index (κ2) is 5.33. The number of anilines is 1. The van der Waals surface area contributed by atoms with Crippen molar-refractivity contribution in [1.82, 2.24) is 15.2 Å². The van der Waals surface area contributed by atoms with Crippen LogP contribution in [0.3, 0.4) is 0 Å². The van der Waals surface area contributed by atoms with E-state index in [0.29, 0.717) is 29.6 Å². The van der Waals surface area contributed by atoms with Crippen molar-refractivity contribution in [2.75, 3.05) is 38.5 Å². The van der Waals surface area contributed by atoms with Gasteiger partial charge in [0.1, 0.15) is 11.5 Å². The van der Waals surface area contributed by atoms with Crippen LogP contribution in [-0.4, -0.2) is 49.0 Å². The molecule has 2 heterocycles. The summed E-state index contributed by atoms with van der Waals surface area (Å²) in [5.41, 5.74) is 0.320. The first-order valence-electron chi connectivity index (χ1n) is 5.56. The Bertz CT molecular complexity index is 418. The lowest BCUT2D eigenvalue weighted by Gasteiger charge is -2.27. The second-order valence-corrected chi connectivity index (χ2v) is 4.23. The first-order valence-corrected chi connectivity index (χ1v) is 5.94. The molecule has 0 aromatic carbocycles. The molecule has 1 amide bonds. The predicted molar refractivity (Wildman–Crippen MR) is 67.6 cm³/mol. The van der Waals surface area contributed by atoms with Crippen LogP contribution < -0.4 is 10.6 Å². The Kier molecular flexibility index (Phi) is 3.81. The Morgan fingerprint density at radius 3 is 2.82 bits per heavy atom. The van der Waals surface area contributed by atoms with Gasteiger partial charge in [-0.25, -0.2) is 4.98 Å². The number of pyridine rings is 1. The number of carbonyl (C=O) groups excluding carboxylic acids is 1. The number of piperazine rings is 1. The fourth-order valence-corrected chi connectivity index (χ4v) is 1.94. The van der Waals surface area contributed by atoms with E-state index in [1.54, 1.807) is 24.1 Å². The van der Waals surface area contributed by atoms with Crippen LogP contribution in [0.25, 0.3) is 0 Å². The quantitative estimate of drug-likeness (QED) is 0.821. The zero-order valence-corrected chi connectivity index (χ0v) is 10.4. The van der Waals surface area contributed by atoms with E-state index in [-0.39, 0.29) is 5.91 Å². The van der Waals surface area contributed by atoms with Crippen LogP contribution in [0.1, 0.15) is 10.5 Å². The summed E-state index contributed by atoms with van der Waals surface area (Å²) in [6.45, 7) is 3.02. The smallest absolute Gasteiger partial charge is 0.274 e. The summed E-state index contributed by atoms with van der Waals surface area (Å²) >= 11 is 6.01. The van der Waals surface area contributed by atoms with Crippen molar-refractivity contribution in [1.29, 1.82) is 0 Å². The number of hydrogen-bond donors (Lipinski definition) is 2. The lowest BCUT2D eigenvalue weighted by Crippen LogP contribution is -2.46.